The highest BCUT2D eigenvalue weighted by Gasteiger charge is 2.10. The first-order chi connectivity index (χ1) is 10.1. The van der Waals surface area contributed by atoms with Gasteiger partial charge < -0.3 is 15.8 Å². The fourth-order valence-electron chi connectivity index (χ4n) is 2.57. The van der Waals surface area contributed by atoms with Gasteiger partial charge in [-0.1, -0.05) is 69.9 Å². The molecular weight excluding hydrogens is 262 g/mol. The molecule has 0 aromatic rings. The molecule has 0 bridgehead atoms. The maximum absolute atomic E-state index is 8.57. The minimum atomic E-state index is 0.317. The van der Waals surface area contributed by atoms with Gasteiger partial charge in [0.05, 0.1) is 0 Å². The Morgan fingerprint density at radius 2 is 1.48 bits per heavy atom. The van der Waals surface area contributed by atoms with Crippen LogP contribution in [0.2, 0.25) is 0 Å². The molecule has 1 unspecified atom stereocenters. The lowest BCUT2D eigenvalue weighted by Gasteiger charge is -2.24. The largest absolute Gasteiger partial charge is 0.409 e. The van der Waals surface area contributed by atoms with Crippen LogP contribution < -0.4 is 5.73 Å². The van der Waals surface area contributed by atoms with Gasteiger partial charge >= 0.3 is 0 Å². The van der Waals surface area contributed by atoms with Gasteiger partial charge in [-0.25, -0.2) is 0 Å². The van der Waals surface area contributed by atoms with Crippen LogP contribution in [0.1, 0.15) is 84.5 Å². The minimum absolute atomic E-state index is 0.317. The van der Waals surface area contributed by atoms with Gasteiger partial charge in [0.2, 0.25) is 0 Å². The molecule has 0 saturated carbocycles. The summed E-state index contributed by atoms with van der Waals surface area (Å²) in [5.41, 5.74) is 5.54. The average molecular weight is 300 g/mol. The first-order valence-electron chi connectivity index (χ1n) is 8.78. The van der Waals surface area contributed by atoms with Crippen LogP contribution in [-0.2, 0) is 0 Å². The van der Waals surface area contributed by atoms with Crippen LogP contribution in [0.3, 0.4) is 0 Å². The van der Waals surface area contributed by atoms with Gasteiger partial charge in [0, 0.05) is 12.5 Å². The van der Waals surface area contributed by atoms with Crippen LogP contribution in [0.15, 0.2) is 5.16 Å². The van der Waals surface area contributed by atoms with E-state index in [1.54, 1.807) is 0 Å². The van der Waals surface area contributed by atoms with Crippen molar-refractivity contribution >= 4 is 5.84 Å². The van der Waals surface area contributed by atoms with Crippen LogP contribution in [0.4, 0.5) is 0 Å². The quantitative estimate of drug-likeness (QED) is 0.165. The molecule has 126 valence electrons. The monoisotopic (exact) mass is 299 g/mol. The van der Waals surface area contributed by atoms with E-state index in [9.17, 15) is 0 Å². The van der Waals surface area contributed by atoms with E-state index in [2.05, 4.69) is 31.0 Å². The predicted octanol–water partition coefficient (Wildman–Crippen LogP) is 4.36. The smallest absolute Gasteiger partial charge is 0.140 e. The zero-order chi connectivity index (χ0) is 15.9. The van der Waals surface area contributed by atoms with Gasteiger partial charge in [-0.15, -0.1) is 0 Å². The normalized spacial score (nSPS) is 13.8. The zero-order valence-electron chi connectivity index (χ0n) is 14.5. The molecule has 0 aliphatic carbocycles. The van der Waals surface area contributed by atoms with Gasteiger partial charge in [0.15, 0.2) is 0 Å². The van der Waals surface area contributed by atoms with E-state index in [1.807, 2.05) is 0 Å². The molecule has 0 amide bonds. The molecule has 0 spiro atoms. The van der Waals surface area contributed by atoms with Crippen molar-refractivity contribution in [1.82, 2.24) is 4.90 Å². The maximum atomic E-state index is 8.57. The van der Waals surface area contributed by atoms with Crippen LogP contribution in [0.25, 0.3) is 0 Å². The van der Waals surface area contributed by atoms with Gasteiger partial charge in [-0.05, 0) is 26.9 Å². The number of rotatable bonds is 14. The summed E-state index contributed by atoms with van der Waals surface area (Å²) in [6, 6.07) is 0.333. The highest BCUT2D eigenvalue weighted by atomic mass is 16.4. The molecule has 0 radical (unpaired) electrons. The SMILES string of the molecule is CCCCCCCCCCCCN(C)C(C)CC(N)=NO. The second-order valence-electron chi connectivity index (χ2n) is 6.31. The van der Waals surface area contributed by atoms with Crippen molar-refractivity contribution < 1.29 is 5.21 Å². The number of nitrogens with zero attached hydrogens (tertiary/aromatic N) is 2. The second kappa shape index (κ2) is 14.2. The van der Waals surface area contributed by atoms with E-state index in [-0.39, 0.29) is 0 Å². The van der Waals surface area contributed by atoms with Gasteiger partial charge in [-0.2, -0.15) is 0 Å². The summed E-state index contributed by atoms with van der Waals surface area (Å²) in [5, 5.41) is 11.6. The van der Waals surface area contributed by atoms with E-state index in [0.717, 1.165) is 6.54 Å². The third kappa shape index (κ3) is 12.7. The summed E-state index contributed by atoms with van der Waals surface area (Å²) in [7, 11) is 2.11. The molecule has 0 saturated heterocycles. The Morgan fingerprint density at radius 1 is 1.00 bits per heavy atom. The lowest BCUT2D eigenvalue weighted by atomic mass is 10.1. The fourth-order valence-corrected chi connectivity index (χ4v) is 2.57. The first kappa shape index (κ1) is 20.2. The lowest BCUT2D eigenvalue weighted by Crippen LogP contribution is -2.33. The molecule has 0 rings (SSSR count). The summed E-state index contributed by atoms with van der Waals surface area (Å²) in [4.78, 5) is 2.29. The number of amidine groups is 1. The highest BCUT2D eigenvalue weighted by molar-refractivity contribution is 5.80. The molecule has 3 N–H and O–H groups in total. The van der Waals surface area contributed by atoms with Crippen molar-refractivity contribution in [2.24, 2.45) is 10.9 Å². The van der Waals surface area contributed by atoms with Gasteiger partial charge in [-0.3, -0.25) is 0 Å². The van der Waals surface area contributed by atoms with Crippen molar-refractivity contribution in [3.05, 3.63) is 0 Å². The molecule has 4 nitrogen and oxygen atoms in total. The first-order valence-corrected chi connectivity index (χ1v) is 8.78. The molecular formula is C17H37N3O. The average Bonchev–Trinajstić information content (AvgIpc) is 2.48. The van der Waals surface area contributed by atoms with Gasteiger partial charge in [0.1, 0.15) is 5.84 Å². The standard InChI is InChI=1S/C17H37N3O/c1-4-5-6-7-8-9-10-11-12-13-14-20(3)16(2)15-17(18)19-21/h16,21H,4-15H2,1-3H3,(H2,18,19). The Labute approximate surface area is 131 Å². The third-order valence-electron chi connectivity index (χ3n) is 4.25. The molecule has 0 aromatic heterocycles. The molecule has 0 aromatic carbocycles. The van der Waals surface area contributed by atoms with E-state index >= 15 is 0 Å². The van der Waals surface area contributed by atoms with Crippen molar-refractivity contribution in [3.63, 3.8) is 0 Å². The molecule has 0 heterocycles. The minimum Gasteiger partial charge on any atom is -0.409 e. The van der Waals surface area contributed by atoms with E-state index in [1.165, 1.54) is 64.2 Å². The van der Waals surface area contributed by atoms with Gasteiger partial charge in [0.25, 0.3) is 0 Å². The fraction of sp³-hybridized carbons (Fsp3) is 0.941. The number of unbranched alkanes of at least 4 members (excludes halogenated alkanes) is 9. The van der Waals surface area contributed by atoms with Crippen LogP contribution >= 0.6 is 0 Å². The molecule has 0 fully saturated rings. The second-order valence-corrected chi connectivity index (χ2v) is 6.31. The zero-order valence-corrected chi connectivity index (χ0v) is 14.5. The maximum Gasteiger partial charge on any atom is 0.140 e. The summed E-state index contributed by atoms with van der Waals surface area (Å²) >= 11 is 0. The summed E-state index contributed by atoms with van der Waals surface area (Å²) in [5.74, 6) is 0.317. The highest BCUT2D eigenvalue weighted by Crippen LogP contribution is 2.11. The predicted molar refractivity (Wildman–Crippen MR) is 92.0 cm³/mol. The summed E-state index contributed by atoms with van der Waals surface area (Å²) in [6.45, 7) is 5.48. The van der Waals surface area contributed by atoms with E-state index in [0.29, 0.717) is 18.3 Å². The Bertz CT molecular complexity index is 256. The van der Waals surface area contributed by atoms with E-state index < -0.39 is 0 Å². The topological polar surface area (TPSA) is 61.8 Å². The molecule has 0 aliphatic rings. The Morgan fingerprint density at radius 3 is 1.95 bits per heavy atom. The van der Waals surface area contributed by atoms with Crippen LogP contribution in [0.5, 0.6) is 0 Å². The molecule has 0 aliphatic heterocycles. The number of nitrogens with two attached hydrogens (primary N) is 1. The molecule has 21 heavy (non-hydrogen) atoms. The number of hydrogen-bond acceptors (Lipinski definition) is 3. The van der Waals surface area contributed by atoms with Crippen molar-refractivity contribution in [2.45, 2.75) is 90.5 Å². The van der Waals surface area contributed by atoms with Crippen LogP contribution in [0, 0.1) is 0 Å². The number of oxime groups is 1. The Kier molecular flexibility index (Phi) is 13.7. The van der Waals surface area contributed by atoms with Crippen molar-refractivity contribution in [3.8, 4) is 0 Å². The van der Waals surface area contributed by atoms with Crippen LogP contribution in [-0.4, -0.2) is 35.6 Å². The third-order valence-corrected chi connectivity index (χ3v) is 4.25. The molecule has 1 atom stereocenters. The molecule has 4 heteroatoms. The number of hydrogen-bond donors (Lipinski definition) is 2. The summed E-state index contributed by atoms with van der Waals surface area (Å²) in [6.07, 6.45) is 14.3. The van der Waals surface area contributed by atoms with E-state index in [4.69, 9.17) is 10.9 Å². The van der Waals surface area contributed by atoms with Crippen molar-refractivity contribution in [1.29, 1.82) is 0 Å². The van der Waals surface area contributed by atoms with Crippen molar-refractivity contribution in [2.75, 3.05) is 13.6 Å². The Balaban J connectivity index is 3.37. The lowest BCUT2D eigenvalue weighted by molar-refractivity contribution is 0.253. The summed E-state index contributed by atoms with van der Waals surface area (Å²) < 4.78 is 0. The Hall–Kier alpha value is -0.770.